The second kappa shape index (κ2) is 6.95. The Hall–Kier alpha value is -1.86. The Labute approximate surface area is 151 Å². The molecule has 1 aromatic rings. The topological polar surface area (TPSA) is 97.4 Å². The smallest absolute Gasteiger partial charge is 0.292 e. The largest absolute Gasteiger partial charge is 0.512 e. The van der Waals surface area contributed by atoms with Gasteiger partial charge in [-0.1, -0.05) is 40.5 Å². The maximum atomic E-state index is 13.8. The van der Waals surface area contributed by atoms with E-state index in [1.165, 1.54) is 0 Å². The standard InChI is InChI=1S/C14H12F5NO5S2/c15-13(16,26(22,23)20-27(24,25)14(17,18)19)12(21)8-7-10-6-5-9-3-1-2-4-11(9)10/h1-6,10,20H,7-8H2. The van der Waals surface area contributed by atoms with E-state index in [-0.39, 0.29) is 10.5 Å². The van der Waals surface area contributed by atoms with E-state index in [0.717, 1.165) is 5.56 Å². The Kier molecular flexibility index (Phi) is 5.52. The van der Waals surface area contributed by atoms with Crippen molar-refractivity contribution in [2.75, 3.05) is 0 Å². The average Bonchev–Trinajstić information content (AvgIpc) is 2.93. The van der Waals surface area contributed by atoms with E-state index in [1.54, 1.807) is 36.4 Å². The molecule has 1 aliphatic carbocycles. The Morgan fingerprint density at radius 3 is 2.19 bits per heavy atom. The second-order valence-electron chi connectivity index (χ2n) is 5.61. The predicted molar refractivity (Wildman–Crippen MR) is 84.4 cm³/mol. The highest BCUT2D eigenvalue weighted by molar-refractivity contribution is 8.05. The normalized spacial score (nSPS) is 17.7. The van der Waals surface area contributed by atoms with Crippen molar-refractivity contribution >= 4 is 31.9 Å². The van der Waals surface area contributed by atoms with Gasteiger partial charge in [-0.15, -0.1) is 0 Å². The second-order valence-corrected chi connectivity index (χ2v) is 9.27. The Morgan fingerprint density at radius 1 is 1.00 bits per heavy atom. The highest BCUT2D eigenvalue weighted by atomic mass is 32.3. The quantitative estimate of drug-likeness (QED) is 0.667. The van der Waals surface area contributed by atoms with Crippen molar-refractivity contribution < 1.29 is 43.6 Å². The van der Waals surface area contributed by atoms with Crippen LogP contribution in [0.15, 0.2) is 30.3 Å². The first-order chi connectivity index (χ1) is 12.2. The van der Waals surface area contributed by atoms with Crippen molar-refractivity contribution in [3.05, 3.63) is 41.5 Å². The van der Waals surface area contributed by atoms with E-state index in [1.807, 2.05) is 0 Å². The highest BCUT2D eigenvalue weighted by Gasteiger charge is 2.57. The minimum atomic E-state index is -6.62. The van der Waals surface area contributed by atoms with Crippen LogP contribution in [0.4, 0.5) is 22.0 Å². The summed E-state index contributed by atoms with van der Waals surface area (Å²) < 4.78 is 108. The molecule has 1 N–H and O–H groups in total. The average molecular weight is 433 g/mol. The lowest BCUT2D eigenvalue weighted by atomic mass is 9.95. The van der Waals surface area contributed by atoms with Gasteiger partial charge in [0.25, 0.3) is 10.0 Å². The molecule has 150 valence electrons. The van der Waals surface area contributed by atoms with Gasteiger partial charge in [0, 0.05) is 12.3 Å². The number of carbonyl (C=O) groups is 1. The highest BCUT2D eigenvalue weighted by Crippen LogP contribution is 2.35. The first-order valence-electron chi connectivity index (χ1n) is 7.22. The van der Waals surface area contributed by atoms with Crippen molar-refractivity contribution in [1.29, 1.82) is 0 Å². The fraction of sp³-hybridized carbons (Fsp3) is 0.357. The van der Waals surface area contributed by atoms with Crippen LogP contribution in [0.3, 0.4) is 0 Å². The SMILES string of the molecule is O=C(CCC1C=Cc2ccccc21)C(F)(F)S(=O)(=O)NS(=O)(=O)C(F)(F)F. The van der Waals surface area contributed by atoms with Crippen LogP contribution in [0.25, 0.3) is 6.08 Å². The van der Waals surface area contributed by atoms with Crippen LogP contribution >= 0.6 is 0 Å². The summed E-state index contributed by atoms with van der Waals surface area (Å²) in [5.41, 5.74) is -4.64. The molecule has 0 aliphatic heterocycles. The van der Waals surface area contributed by atoms with Crippen LogP contribution < -0.4 is 4.13 Å². The predicted octanol–water partition coefficient (Wildman–Crippen LogP) is 2.51. The van der Waals surface area contributed by atoms with Crippen LogP contribution in [-0.2, 0) is 24.8 Å². The summed E-state index contributed by atoms with van der Waals surface area (Å²) in [5, 5.41) is -5.35. The molecule has 6 nitrogen and oxygen atoms in total. The molecule has 0 bridgehead atoms. The summed E-state index contributed by atoms with van der Waals surface area (Å²) in [6.45, 7) is 0. The summed E-state index contributed by atoms with van der Waals surface area (Å²) >= 11 is 0. The molecule has 0 fully saturated rings. The van der Waals surface area contributed by atoms with E-state index >= 15 is 0 Å². The van der Waals surface area contributed by atoms with Crippen molar-refractivity contribution in [2.24, 2.45) is 0 Å². The zero-order chi connectivity index (χ0) is 20.7. The number of Topliss-reactive ketones (excluding diaryl/α,β-unsaturated/α-hetero) is 1. The minimum absolute atomic E-state index is 0.128. The lowest BCUT2D eigenvalue weighted by molar-refractivity contribution is -0.133. The molecule has 0 saturated heterocycles. The minimum Gasteiger partial charge on any atom is -0.292 e. The van der Waals surface area contributed by atoms with E-state index in [4.69, 9.17) is 0 Å². The zero-order valence-corrected chi connectivity index (χ0v) is 14.8. The van der Waals surface area contributed by atoms with Crippen molar-refractivity contribution in [3.8, 4) is 0 Å². The van der Waals surface area contributed by atoms with Crippen molar-refractivity contribution in [1.82, 2.24) is 4.13 Å². The molecule has 0 heterocycles. The number of nitrogens with one attached hydrogen (secondary N) is 1. The lowest BCUT2D eigenvalue weighted by Gasteiger charge is -2.18. The van der Waals surface area contributed by atoms with Gasteiger partial charge in [-0.2, -0.15) is 22.0 Å². The van der Waals surface area contributed by atoms with E-state index in [9.17, 15) is 43.6 Å². The summed E-state index contributed by atoms with van der Waals surface area (Å²) in [5.74, 6) is -2.68. The maximum absolute atomic E-state index is 13.8. The lowest BCUT2D eigenvalue weighted by Crippen LogP contribution is -2.50. The monoisotopic (exact) mass is 433 g/mol. The molecule has 0 saturated carbocycles. The number of carbonyl (C=O) groups excluding carboxylic acids is 1. The van der Waals surface area contributed by atoms with E-state index < -0.39 is 48.9 Å². The third kappa shape index (κ3) is 4.19. The van der Waals surface area contributed by atoms with Gasteiger partial charge in [0.15, 0.2) is 0 Å². The number of hydrogen-bond donors (Lipinski definition) is 1. The Balaban J connectivity index is 2.12. The van der Waals surface area contributed by atoms with Crippen LogP contribution in [0.2, 0.25) is 0 Å². The molecule has 1 aliphatic rings. The molecule has 1 atom stereocenters. The number of halogens is 5. The summed E-state index contributed by atoms with van der Waals surface area (Å²) in [6.07, 6.45) is 2.06. The summed E-state index contributed by atoms with van der Waals surface area (Å²) in [6, 6.07) is 6.81. The number of fused-ring (bicyclic) bond motifs is 1. The molecule has 13 heteroatoms. The van der Waals surface area contributed by atoms with Crippen LogP contribution in [-0.4, -0.2) is 33.4 Å². The number of hydrogen-bond acceptors (Lipinski definition) is 5. The van der Waals surface area contributed by atoms with Gasteiger partial charge in [-0.25, -0.2) is 16.8 Å². The molecule has 27 heavy (non-hydrogen) atoms. The molecule has 2 rings (SSSR count). The van der Waals surface area contributed by atoms with Gasteiger partial charge in [0.05, 0.1) is 0 Å². The fourth-order valence-electron chi connectivity index (χ4n) is 2.40. The first kappa shape index (κ1) is 21.4. The van der Waals surface area contributed by atoms with Crippen LogP contribution in [0, 0.1) is 0 Å². The number of alkyl halides is 5. The summed E-state index contributed by atoms with van der Waals surface area (Å²) in [4.78, 5) is 11.6. The number of benzene rings is 1. The number of sulfonamides is 2. The van der Waals surface area contributed by atoms with Gasteiger partial charge in [0.1, 0.15) is 0 Å². The third-order valence-corrected chi connectivity index (χ3v) is 7.04. The molecular formula is C14H12F5NO5S2. The first-order valence-corrected chi connectivity index (χ1v) is 10.2. The van der Waals surface area contributed by atoms with Crippen molar-refractivity contribution in [3.63, 3.8) is 0 Å². The van der Waals surface area contributed by atoms with Gasteiger partial charge < -0.3 is 0 Å². The molecule has 0 aromatic heterocycles. The molecule has 1 aromatic carbocycles. The van der Waals surface area contributed by atoms with Crippen LogP contribution in [0.5, 0.6) is 0 Å². The fourth-order valence-corrected chi connectivity index (χ4v) is 4.76. The summed E-state index contributed by atoms with van der Waals surface area (Å²) in [7, 11) is -13.1. The van der Waals surface area contributed by atoms with Gasteiger partial charge in [0.2, 0.25) is 5.78 Å². The number of ketones is 1. The Bertz CT molecular complexity index is 983. The van der Waals surface area contributed by atoms with Crippen LogP contribution in [0.1, 0.15) is 29.9 Å². The molecule has 0 spiro atoms. The molecule has 0 amide bonds. The number of rotatable bonds is 7. The van der Waals surface area contributed by atoms with E-state index in [0.29, 0.717) is 5.56 Å². The van der Waals surface area contributed by atoms with Gasteiger partial charge in [-0.05, 0) is 17.5 Å². The Morgan fingerprint density at radius 2 is 1.59 bits per heavy atom. The van der Waals surface area contributed by atoms with Gasteiger partial charge in [-0.3, -0.25) is 4.79 Å². The maximum Gasteiger partial charge on any atom is 0.512 e. The van der Waals surface area contributed by atoms with Crippen molar-refractivity contribution in [2.45, 2.75) is 29.5 Å². The molecular weight excluding hydrogens is 421 g/mol. The molecule has 1 unspecified atom stereocenters. The zero-order valence-electron chi connectivity index (χ0n) is 13.2. The number of allylic oxidation sites excluding steroid dienone is 1. The third-order valence-electron chi connectivity index (χ3n) is 3.77. The van der Waals surface area contributed by atoms with E-state index in [2.05, 4.69) is 0 Å². The molecule has 0 radical (unpaired) electrons. The van der Waals surface area contributed by atoms with Gasteiger partial charge >= 0.3 is 20.8 Å².